The van der Waals surface area contributed by atoms with Crippen LogP contribution in [0.15, 0.2) is 54.6 Å². The molecule has 2 atom stereocenters. The van der Waals surface area contributed by atoms with Gasteiger partial charge in [-0.2, -0.15) is 0 Å². The number of hydrogen-bond acceptors (Lipinski definition) is 5. The number of carbonyl (C=O) groups excluding carboxylic acids is 1. The number of carbonyl (C=O) groups is 1. The van der Waals surface area contributed by atoms with E-state index in [9.17, 15) is 9.90 Å². The van der Waals surface area contributed by atoms with E-state index in [4.69, 9.17) is 9.47 Å². The maximum absolute atomic E-state index is 12.1. The van der Waals surface area contributed by atoms with Crippen molar-refractivity contribution in [1.29, 1.82) is 0 Å². The van der Waals surface area contributed by atoms with Gasteiger partial charge in [0, 0.05) is 13.1 Å². The lowest BCUT2D eigenvalue weighted by molar-refractivity contribution is -0.126. The molecule has 0 aliphatic carbocycles. The van der Waals surface area contributed by atoms with E-state index < -0.39 is 6.10 Å². The Kier molecular flexibility index (Phi) is 8.54. The molecule has 0 bridgehead atoms. The summed E-state index contributed by atoms with van der Waals surface area (Å²) in [7, 11) is 0. The van der Waals surface area contributed by atoms with Crippen molar-refractivity contribution in [3.8, 4) is 5.75 Å². The van der Waals surface area contributed by atoms with Crippen LogP contribution in [0.4, 0.5) is 0 Å². The molecule has 0 aromatic heterocycles. The van der Waals surface area contributed by atoms with Crippen molar-refractivity contribution in [2.75, 3.05) is 26.3 Å². The molecule has 2 aromatic carbocycles. The van der Waals surface area contributed by atoms with Crippen LogP contribution in [0, 0.1) is 0 Å². The normalized spacial score (nSPS) is 17.4. The van der Waals surface area contributed by atoms with Gasteiger partial charge in [-0.15, -0.1) is 12.4 Å². The molecule has 2 aromatic rings. The van der Waals surface area contributed by atoms with Crippen LogP contribution in [-0.4, -0.2) is 43.4 Å². The fraction of sp³-hybridized carbons (Fsp3) is 0.350. The lowest BCUT2D eigenvalue weighted by Gasteiger charge is -2.23. The summed E-state index contributed by atoms with van der Waals surface area (Å²) in [5.74, 6) is 0.513. The first-order valence-electron chi connectivity index (χ1n) is 8.76. The van der Waals surface area contributed by atoms with Crippen molar-refractivity contribution in [3.63, 3.8) is 0 Å². The first-order chi connectivity index (χ1) is 12.7. The summed E-state index contributed by atoms with van der Waals surface area (Å²) in [4.78, 5) is 12.1. The Balaban J connectivity index is 0.00000261. The maximum Gasteiger partial charge on any atom is 0.239 e. The van der Waals surface area contributed by atoms with Crippen LogP contribution in [-0.2, 0) is 16.1 Å². The number of nitrogens with one attached hydrogen (secondary N) is 2. The van der Waals surface area contributed by atoms with E-state index in [1.807, 2.05) is 48.5 Å². The average Bonchev–Trinajstić information content (AvgIpc) is 2.72. The highest BCUT2D eigenvalue weighted by molar-refractivity contribution is 5.85. The Hall–Kier alpha value is -2.12. The van der Waals surface area contributed by atoms with E-state index >= 15 is 0 Å². The van der Waals surface area contributed by atoms with Crippen molar-refractivity contribution < 1.29 is 19.4 Å². The molecule has 1 heterocycles. The minimum absolute atomic E-state index is 0. The van der Waals surface area contributed by atoms with E-state index in [0.29, 0.717) is 37.7 Å². The van der Waals surface area contributed by atoms with E-state index in [2.05, 4.69) is 10.6 Å². The second-order valence-corrected chi connectivity index (χ2v) is 6.19. The molecule has 0 saturated carbocycles. The smallest absolute Gasteiger partial charge is 0.239 e. The van der Waals surface area contributed by atoms with Gasteiger partial charge in [0.2, 0.25) is 5.91 Å². The molecular weight excluding hydrogens is 368 g/mol. The highest BCUT2D eigenvalue weighted by Crippen LogP contribution is 2.20. The highest BCUT2D eigenvalue weighted by Gasteiger charge is 2.21. The van der Waals surface area contributed by atoms with Crippen LogP contribution in [0.25, 0.3) is 0 Å². The van der Waals surface area contributed by atoms with Crippen LogP contribution in [0.2, 0.25) is 0 Å². The molecule has 2 unspecified atom stereocenters. The summed E-state index contributed by atoms with van der Waals surface area (Å²) in [6, 6.07) is 16.8. The number of rotatable bonds is 7. The largest absolute Gasteiger partial charge is 0.489 e. The summed E-state index contributed by atoms with van der Waals surface area (Å²) in [5, 5.41) is 16.2. The molecule has 7 heteroatoms. The first-order valence-corrected chi connectivity index (χ1v) is 8.76. The number of halogens is 1. The molecule has 146 valence electrons. The summed E-state index contributed by atoms with van der Waals surface area (Å²) >= 11 is 0. The topological polar surface area (TPSA) is 79.8 Å². The number of aliphatic hydroxyl groups is 1. The molecule has 3 rings (SSSR count). The van der Waals surface area contributed by atoms with Crippen LogP contribution in [0.1, 0.15) is 17.2 Å². The first kappa shape index (κ1) is 21.2. The molecule has 0 spiro atoms. The fourth-order valence-electron chi connectivity index (χ4n) is 2.72. The third-order valence-electron chi connectivity index (χ3n) is 4.20. The number of ether oxygens (including phenoxy) is 2. The SMILES string of the molecule is Cl.O=C(NCC(O)c1cccc(OCc2ccccc2)c1)C1COCCN1. The van der Waals surface area contributed by atoms with Crippen molar-refractivity contribution in [3.05, 3.63) is 65.7 Å². The molecule has 1 amide bonds. The summed E-state index contributed by atoms with van der Waals surface area (Å²) in [6.07, 6.45) is -0.802. The molecular formula is C20H25ClN2O4. The zero-order valence-corrected chi connectivity index (χ0v) is 15.8. The Labute approximate surface area is 165 Å². The maximum atomic E-state index is 12.1. The molecule has 3 N–H and O–H groups in total. The van der Waals surface area contributed by atoms with E-state index in [1.165, 1.54) is 0 Å². The van der Waals surface area contributed by atoms with Gasteiger partial charge in [-0.25, -0.2) is 0 Å². The van der Waals surface area contributed by atoms with Gasteiger partial charge in [0.15, 0.2) is 0 Å². The van der Waals surface area contributed by atoms with Gasteiger partial charge in [-0.1, -0.05) is 42.5 Å². The molecule has 1 aliphatic heterocycles. The van der Waals surface area contributed by atoms with Crippen molar-refractivity contribution in [2.45, 2.75) is 18.8 Å². The molecule has 1 saturated heterocycles. The highest BCUT2D eigenvalue weighted by atomic mass is 35.5. The van der Waals surface area contributed by atoms with Crippen molar-refractivity contribution in [2.24, 2.45) is 0 Å². The quantitative estimate of drug-likeness (QED) is 0.670. The minimum atomic E-state index is -0.802. The number of amides is 1. The molecule has 27 heavy (non-hydrogen) atoms. The van der Waals surface area contributed by atoms with Crippen molar-refractivity contribution in [1.82, 2.24) is 10.6 Å². The summed E-state index contributed by atoms with van der Waals surface area (Å²) < 4.78 is 11.1. The molecule has 6 nitrogen and oxygen atoms in total. The molecule has 0 radical (unpaired) electrons. The third-order valence-corrected chi connectivity index (χ3v) is 4.20. The Morgan fingerprint density at radius 3 is 2.81 bits per heavy atom. The standard InChI is InChI=1S/C20H24N2O4.ClH/c23-19(12-22-20(24)18-14-25-10-9-21-18)16-7-4-8-17(11-16)26-13-15-5-2-1-3-6-15;/h1-8,11,18-19,21,23H,9-10,12-14H2,(H,22,24);1H. The zero-order valence-electron chi connectivity index (χ0n) is 15.0. The lowest BCUT2D eigenvalue weighted by atomic mass is 10.1. The monoisotopic (exact) mass is 392 g/mol. The number of aliphatic hydroxyl groups excluding tert-OH is 1. The van der Waals surface area contributed by atoms with Crippen LogP contribution >= 0.6 is 12.4 Å². The van der Waals surface area contributed by atoms with Gasteiger partial charge in [0.1, 0.15) is 18.4 Å². The predicted molar refractivity (Wildman–Crippen MR) is 105 cm³/mol. The average molecular weight is 393 g/mol. The van der Waals surface area contributed by atoms with Gasteiger partial charge in [-0.05, 0) is 23.3 Å². The lowest BCUT2D eigenvalue weighted by Crippen LogP contribution is -2.51. The Bertz CT molecular complexity index is 708. The number of hydrogen-bond donors (Lipinski definition) is 3. The second kappa shape index (κ2) is 10.9. The number of benzene rings is 2. The fourth-order valence-corrected chi connectivity index (χ4v) is 2.72. The van der Waals surface area contributed by atoms with E-state index in [0.717, 1.165) is 5.56 Å². The zero-order chi connectivity index (χ0) is 18.2. The van der Waals surface area contributed by atoms with Gasteiger partial charge >= 0.3 is 0 Å². The van der Waals surface area contributed by atoms with Gasteiger partial charge in [0.05, 0.1) is 19.3 Å². The molecule has 1 aliphatic rings. The van der Waals surface area contributed by atoms with Crippen LogP contribution in [0.3, 0.4) is 0 Å². The third kappa shape index (κ3) is 6.52. The van der Waals surface area contributed by atoms with Crippen LogP contribution in [0.5, 0.6) is 5.75 Å². The van der Waals surface area contributed by atoms with Gasteiger partial charge in [-0.3, -0.25) is 4.79 Å². The summed E-state index contributed by atoms with van der Waals surface area (Å²) in [6.45, 7) is 2.22. The second-order valence-electron chi connectivity index (χ2n) is 6.19. The van der Waals surface area contributed by atoms with Gasteiger partial charge < -0.3 is 25.2 Å². The number of morpholine rings is 1. The molecule has 1 fully saturated rings. The van der Waals surface area contributed by atoms with Crippen molar-refractivity contribution >= 4 is 18.3 Å². The van der Waals surface area contributed by atoms with E-state index in [-0.39, 0.29) is 30.9 Å². The minimum Gasteiger partial charge on any atom is -0.489 e. The van der Waals surface area contributed by atoms with Crippen LogP contribution < -0.4 is 15.4 Å². The predicted octanol–water partition coefficient (Wildman–Crippen LogP) is 1.83. The summed E-state index contributed by atoms with van der Waals surface area (Å²) in [5.41, 5.74) is 1.77. The van der Waals surface area contributed by atoms with E-state index in [1.54, 1.807) is 6.07 Å². The van der Waals surface area contributed by atoms with Gasteiger partial charge in [0.25, 0.3) is 0 Å². The Morgan fingerprint density at radius 2 is 2.07 bits per heavy atom. The Morgan fingerprint density at radius 1 is 1.26 bits per heavy atom.